The molecule has 36 heavy (non-hydrogen) atoms. The van der Waals surface area contributed by atoms with E-state index in [0.717, 1.165) is 6.92 Å². The fourth-order valence-electron chi connectivity index (χ4n) is 3.53. The normalized spacial score (nSPS) is 15.1. The summed E-state index contributed by atoms with van der Waals surface area (Å²) in [5, 5.41) is 23.6. The van der Waals surface area contributed by atoms with Crippen molar-refractivity contribution in [3.63, 3.8) is 0 Å². The lowest BCUT2D eigenvalue weighted by Gasteiger charge is -2.31. The van der Waals surface area contributed by atoms with Crippen molar-refractivity contribution in [3.8, 4) is 5.75 Å². The molecule has 6 N–H and O–H groups in total. The molecule has 12 nitrogen and oxygen atoms in total. The Balaban J connectivity index is 2.93. The van der Waals surface area contributed by atoms with E-state index in [0.29, 0.717) is 10.5 Å². The maximum atomic E-state index is 12.9. The van der Waals surface area contributed by atoms with E-state index in [-0.39, 0.29) is 18.5 Å². The lowest BCUT2D eigenvalue weighted by Crippen LogP contribution is -2.59. The Morgan fingerprint density at radius 3 is 2.00 bits per heavy atom. The Morgan fingerprint density at radius 1 is 1.00 bits per heavy atom. The lowest BCUT2D eigenvalue weighted by atomic mass is 10.00. The molecule has 0 saturated carbocycles. The van der Waals surface area contributed by atoms with Gasteiger partial charge in [0.25, 0.3) is 5.91 Å². The van der Waals surface area contributed by atoms with Crippen molar-refractivity contribution in [3.05, 3.63) is 29.8 Å². The lowest BCUT2D eigenvalue weighted by molar-refractivity contribution is -0.154. The number of rotatable bonds is 12. The van der Waals surface area contributed by atoms with E-state index in [1.807, 2.05) is 0 Å². The average molecular weight is 507 g/mol. The Morgan fingerprint density at radius 2 is 1.56 bits per heavy atom. The third-order valence-corrected chi connectivity index (χ3v) is 5.64. The number of imide groups is 1. The number of aldehydes is 1. The van der Waals surface area contributed by atoms with Crippen molar-refractivity contribution in [2.24, 2.45) is 17.6 Å². The number of aliphatic carboxylic acids is 1. The fourth-order valence-corrected chi connectivity index (χ4v) is 3.53. The number of phenolic OH excluding ortho intramolecular Hbond substituents is 1. The van der Waals surface area contributed by atoms with Gasteiger partial charge in [0, 0.05) is 6.92 Å². The van der Waals surface area contributed by atoms with E-state index < -0.39 is 65.6 Å². The summed E-state index contributed by atoms with van der Waals surface area (Å²) in [5.41, 5.74) is 6.68. The van der Waals surface area contributed by atoms with Crippen LogP contribution in [0.25, 0.3) is 0 Å². The first kappa shape index (κ1) is 30.2. The number of carbonyl (C=O) groups excluding carboxylic acids is 5. The molecule has 5 atom stereocenters. The van der Waals surface area contributed by atoms with Gasteiger partial charge in [0.15, 0.2) is 0 Å². The number of carboxylic acid groups (broad SMARTS) is 1. The molecule has 12 heteroatoms. The summed E-state index contributed by atoms with van der Waals surface area (Å²) >= 11 is 0. The number of carboxylic acids is 1. The van der Waals surface area contributed by atoms with Gasteiger partial charge >= 0.3 is 5.97 Å². The predicted molar refractivity (Wildman–Crippen MR) is 128 cm³/mol. The van der Waals surface area contributed by atoms with Gasteiger partial charge in [-0.05, 0) is 43.9 Å². The molecule has 0 aliphatic carbocycles. The third kappa shape index (κ3) is 8.15. The van der Waals surface area contributed by atoms with Gasteiger partial charge < -0.3 is 31.4 Å². The molecule has 198 valence electrons. The van der Waals surface area contributed by atoms with Gasteiger partial charge in [0.1, 0.15) is 30.0 Å². The minimum atomic E-state index is -1.64. The van der Waals surface area contributed by atoms with Crippen LogP contribution in [0.1, 0.15) is 40.2 Å². The molecule has 1 unspecified atom stereocenters. The van der Waals surface area contributed by atoms with Gasteiger partial charge in [-0.15, -0.1) is 0 Å². The topological polar surface area (TPSA) is 196 Å². The zero-order chi connectivity index (χ0) is 27.7. The maximum absolute atomic E-state index is 12.9. The second-order valence-electron chi connectivity index (χ2n) is 8.91. The van der Waals surface area contributed by atoms with Gasteiger partial charge in [-0.3, -0.25) is 28.9 Å². The molecule has 0 aromatic heterocycles. The molecular weight excluding hydrogens is 472 g/mol. The SMILES string of the molecule is CC(=O)N(C(=O)[C@H](C)NC(=O)[C@@H](NC(=O)[C@@H](N)Cc1ccc(O)cc1)C(C)C)[C@H](C)C(C=O)C(=O)O. The summed E-state index contributed by atoms with van der Waals surface area (Å²) in [7, 11) is 0. The quantitative estimate of drug-likeness (QED) is 0.184. The number of hydrogen-bond acceptors (Lipinski definition) is 8. The molecule has 1 aromatic rings. The number of carbonyl (C=O) groups is 6. The van der Waals surface area contributed by atoms with Gasteiger partial charge in [0.05, 0.1) is 12.1 Å². The van der Waals surface area contributed by atoms with Crippen molar-refractivity contribution in [1.82, 2.24) is 15.5 Å². The van der Waals surface area contributed by atoms with Crippen molar-refractivity contribution in [2.45, 2.75) is 65.2 Å². The molecule has 0 bridgehead atoms. The zero-order valence-electron chi connectivity index (χ0n) is 20.9. The molecule has 0 spiro atoms. The third-order valence-electron chi connectivity index (χ3n) is 5.64. The fraction of sp³-hybridized carbons (Fsp3) is 0.500. The van der Waals surface area contributed by atoms with E-state index >= 15 is 0 Å². The number of benzene rings is 1. The summed E-state index contributed by atoms with van der Waals surface area (Å²) in [6, 6.07) is 1.53. The number of aromatic hydroxyl groups is 1. The van der Waals surface area contributed by atoms with Gasteiger partial charge in [-0.1, -0.05) is 26.0 Å². The van der Waals surface area contributed by atoms with Gasteiger partial charge in [-0.25, -0.2) is 0 Å². The largest absolute Gasteiger partial charge is 0.508 e. The van der Waals surface area contributed by atoms with Crippen LogP contribution in [0.2, 0.25) is 0 Å². The number of phenols is 1. The van der Waals surface area contributed by atoms with Gasteiger partial charge in [0.2, 0.25) is 17.7 Å². The van der Waals surface area contributed by atoms with Crippen LogP contribution in [0, 0.1) is 11.8 Å². The Labute approximate surface area is 209 Å². The number of nitrogens with two attached hydrogens (primary N) is 1. The Kier molecular flexibility index (Phi) is 11.2. The zero-order valence-corrected chi connectivity index (χ0v) is 20.9. The molecule has 4 amide bonds. The highest BCUT2D eigenvalue weighted by Crippen LogP contribution is 2.14. The van der Waals surface area contributed by atoms with Crippen LogP contribution in [0.4, 0.5) is 0 Å². The standard InChI is InChI=1S/C24H34N4O8/c1-12(2)20(27-21(32)19(25)10-16-6-8-17(31)9-7-16)22(33)26-13(3)23(34)28(15(5)30)14(4)18(11-29)24(35)36/h6-9,11-14,18-20,31H,10,25H2,1-5H3,(H,26,33)(H,27,32)(H,35,36)/t13-,14+,18?,19-,20-/m0/s1. The first-order valence-corrected chi connectivity index (χ1v) is 11.4. The predicted octanol–water partition coefficient (Wildman–Crippen LogP) is -0.429. The number of nitrogens with zero attached hydrogens (tertiary/aromatic N) is 1. The number of amides is 4. The van der Waals surface area contributed by atoms with Crippen molar-refractivity contribution < 1.29 is 39.0 Å². The van der Waals surface area contributed by atoms with E-state index in [9.17, 15) is 39.0 Å². The molecule has 1 aromatic carbocycles. The monoisotopic (exact) mass is 506 g/mol. The molecule has 0 saturated heterocycles. The minimum absolute atomic E-state index is 0.0688. The van der Waals surface area contributed by atoms with Crippen LogP contribution < -0.4 is 16.4 Å². The first-order chi connectivity index (χ1) is 16.7. The second kappa shape index (κ2) is 13.3. The smallest absolute Gasteiger partial charge is 0.315 e. The molecule has 0 aliphatic rings. The van der Waals surface area contributed by atoms with E-state index in [1.54, 1.807) is 26.0 Å². The van der Waals surface area contributed by atoms with Crippen molar-refractivity contribution in [2.75, 3.05) is 0 Å². The molecule has 0 aliphatic heterocycles. The number of hydrogen-bond donors (Lipinski definition) is 5. The van der Waals surface area contributed by atoms with Crippen molar-refractivity contribution in [1.29, 1.82) is 0 Å². The van der Waals surface area contributed by atoms with Crippen molar-refractivity contribution >= 4 is 35.9 Å². The Bertz CT molecular complexity index is 979. The van der Waals surface area contributed by atoms with E-state index in [2.05, 4.69) is 10.6 Å². The summed E-state index contributed by atoms with van der Waals surface area (Å²) in [5.74, 6) is -6.49. The summed E-state index contributed by atoms with van der Waals surface area (Å²) < 4.78 is 0. The maximum Gasteiger partial charge on any atom is 0.315 e. The highest BCUT2D eigenvalue weighted by molar-refractivity contribution is 6.01. The molecule has 0 fully saturated rings. The highest BCUT2D eigenvalue weighted by Gasteiger charge is 2.37. The van der Waals surface area contributed by atoms with Gasteiger partial charge in [-0.2, -0.15) is 0 Å². The Hall–Kier alpha value is -3.80. The molecule has 0 radical (unpaired) electrons. The van der Waals surface area contributed by atoms with E-state index in [1.165, 1.54) is 26.0 Å². The van der Waals surface area contributed by atoms with Crippen LogP contribution >= 0.6 is 0 Å². The average Bonchev–Trinajstić information content (AvgIpc) is 2.78. The second-order valence-corrected chi connectivity index (χ2v) is 8.91. The van der Waals surface area contributed by atoms with Crippen LogP contribution in [0.15, 0.2) is 24.3 Å². The summed E-state index contributed by atoms with van der Waals surface area (Å²) in [6.07, 6.45) is 0.283. The number of nitrogens with one attached hydrogen (secondary N) is 2. The molecular formula is C24H34N4O8. The minimum Gasteiger partial charge on any atom is -0.508 e. The highest BCUT2D eigenvalue weighted by atomic mass is 16.4. The van der Waals surface area contributed by atoms with Crippen LogP contribution in [-0.2, 0) is 35.2 Å². The van der Waals surface area contributed by atoms with E-state index in [4.69, 9.17) is 5.73 Å². The summed E-state index contributed by atoms with van der Waals surface area (Å²) in [6.45, 7) is 6.93. The van der Waals surface area contributed by atoms with Crippen LogP contribution in [0.5, 0.6) is 5.75 Å². The summed E-state index contributed by atoms with van der Waals surface area (Å²) in [4.78, 5) is 73.7. The van der Waals surface area contributed by atoms with Crippen LogP contribution in [0.3, 0.4) is 0 Å². The molecule has 1 rings (SSSR count). The molecule has 0 heterocycles. The first-order valence-electron chi connectivity index (χ1n) is 11.4. The van der Waals surface area contributed by atoms with Crippen LogP contribution in [-0.4, -0.2) is 75.2 Å².